The molecule has 0 fully saturated rings. The zero-order valence-corrected chi connectivity index (χ0v) is 12.0. The van der Waals surface area contributed by atoms with Crippen LogP contribution in [-0.2, 0) is 0 Å². The molecule has 0 atom stereocenters. The van der Waals surface area contributed by atoms with Gasteiger partial charge >= 0.3 is 0 Å². The Balaban J connectivity index is 0.000000161. The second-order valence-electron chi connectivity index (χ2n) is 5.03. The monoisotopic (exact) mass is 283 g/mol. The first-order valence-corrected chi connectivity index (χ1v) is 6.74. The molecule has 2 amide bonds. The summed E-state index contributed by atoms with van der Waals surface area (Å²) in [6.45, 7) is 4.41. The van der Waals surface area contributed by atoms with E-state index < -0.39 is 11.8 Å². The molecule has 1 heterocycles. The van der Waals surface area contributed by atoms with Crippen molar-refractivity contribution in [3.63, 3.8) is 0 Å². The third-order valence-electron chi connectivity index (χ3n) is 3.24. The first kappa shape index (κ1) is 14.9. The zero-order valence-electron chi connectivity index (χ0n) is 12.0. The number of hydrogen-bond acceptors (Lipinski definition) is 3. The average molecular weight is 283 g/mol. The molecule has 4 nitrogen and oxygen atoms in total. The number of benzene rings is 2. The first-order chi connectivity index (χ1) is 10.0. The summed E-state index contributed by atoms with van der Waals surface area (Å²) in [5, 5.41) is 9.05. The van der Waals surface area contributed by atoms with Crippen molar-refractivity contribution < 1.29 is 14.8 Å². The van der Waals surface area contributed by atoms with Crippen LogP contribution in [0.2, 0.25) is 0 Å². The van der Waals surface area contributed by atoms with E-state index in [9.17, 15) is 9.59 Å². The molecule has 0 unspecified atom stereocenters. The van der Waals surface area contributed by atoms with Gasteiger partial charge in [0.25, 0.3) is 11.8 Å². The zero-order chi connectivity index (χ0) is 15.4. The van der Waals surface area contributed by atoms with Gasteiger partial charge in [0.2, 0.25) is 0 Å². The van der Waals surface area contributed by atoms with Gasteiger partial charge in [0.15, 0.2) is 0 Å². The van der Waals surface area contributed by atoms with Crippen molar-refractivity contribution in [3.8, 4) is 0 Å². The van der Waals surface area contributed by atoms with Crippen LogP contribution in [0, 0.1) is 0 Å². The van der Waals surface area contributed by atoms with Crippen LogP contribution < -0.4 is 0 Å². The number of amides is 2. The minimum absolute atomic E-state index is 0.130. The van der Waals surface area contributed by atoms with Crippen molar-refractivity contribution in [3.05, 3.63) is 71.3 Å². The lowest BCUT2D eigenvalue weighted by molar-refractivity contribution is -0.0327. The molecule has 3 rings (SSSR count). The van der Waals surface area contributed by atoms with Gasteiger partial charge in [-0.2, -0.15) is 0 Å². The Kier molecular flexibility index (Phi) is 4.50. The molecule has 0 aromatic heterocycles. The van der Waals surface area contributed by atoms with E-state index in [1.807, 2.05) is 6.07 Å². The number of rotatable bonds is 1. The van der Waals surface area contributed by atoms with Gasteiger partial charge in [-0.05, 0) is 23.6 Å². The van der Waals surface area contributed by atoms with E-state index in [1.165, 1.54) is 17.7 Å². The van der Waals surface area contributed by atoms with Crippen molar-refractivity contribution in [1.29, 1.82) is 0 Å². The molecule has 0 saturated carbocycles. The highest BCUT2D eigenvalue weighted by Gasteiger charge is 2.33. The van der Waals surface area contributed by atoms with Gasteiger partial charge in [-0.3, -0.25) is 14.8 Å². The summed E-state index contributed by atoms with van der Waals surface area (Å²) < 4.78 is 0. The van der Waals surface area contributed by atoms with E-state index in [-0.39, 0.29) is 16.2 Å². The number of carbonyl (C=O) groups is 2. The predicted octanol–water partition coefficient (Wildman–Crippen LogP) is 3.48. The van der Waals surface area contributed by atoms with Crippen LogP contribution in [0.4, 0.5) is 0 Å². The van der Waals surface area contributed by atoms with E-state index in [4.69, 9.17) is 5.21 Å². The Hall–Kier alpha value is -2.46. The van der Waals surface area contributed by atoms with E-state index in [1.54, 1.807) is 12.1 Å². The number of hydrogen-bond donors (Lipinski definition) is 1. The van der Waals surface area contributed by atoms with Gasteiger partial charge in [0.1, 0.15) is 0 Å². The topological polar surface area (TPSA) is 57.6 Å². The first-order valence-electron chi connectivity index (χ1n) is 6.74. The normalized spacial score (nSPS) is 13.0. The molecule has 2 aromatic carbocycles. The number of nitrogens with zero attached hydrogens (tertiary/aromatic N) is 1. The lowest BCUT2D eigenvalue weighted by Gasteiger charge is -2.01. The Morgan fingerprint density at radius 1 is 0.810 bits per heavy atom. The average Bonchev–Trinajstić information content (AvgIpc) is 2.74. The third kappa shape index (κ3) is 3.17. The van der Waals surface area contributed by atoms with Crippen molar-refractivity contribution in [2.75, 3.05) is 0 Å². The van der Waals surface area contributed by atoms with Crippen LogP contribution in [-0.4, -0.2) is 22.1 Å². The molecule has 0 spiro atoms. The highest BCUT2D eigenvalue weighted by atomic mass is 16.5. The molecule has 0 radical (unpaired) electrons. The fourth-order valence-corrected chi connectivity index (χ4v) is 2.01. The van der Waals surface area contributed by atoms with E-state index >= 15 is 0 Å². The van der Waals surface area contributed by atoms with Gasteiger partial charge in [-0.15, -0.1) is 5.06 Å². The van der Waals surface area contributed by atoms with E-state index in [0.717, 1.165) is 0 Å². The maximum Gasteiger partial charge on any atom is 0.285 e. The minimum Gasteiger partial charge on any atom is -0.278 e. The van der Waals surface area contributed by atoms with E-state index in [2.05, 4.69) is 38.1 Å². The summed E-state index contributed by atoms with van der Waals surface area (Å²) in [4.78, 5) is 22.1. The summed E-state index contributed by atoms with van der Waals surface area (Å²) >= 11 is 0. The summed E-state index contributed by atoms with van der Waals surface area (Å²) in [5.41, 5.74) is 1.92. The second kappa shape index (κ2) is 6.33. The van der Waals surface area contributed by atoms with Crippen molar-refractivity contribution in [2.24, 2.45) is 0 Å². The van der Waals surface area contributed by atoms with Crippen molar-refractivity contribution in [1.82, 2.24) is 5.06 Å². The van der Waals surface area contributed by atoms with Crippen LogP contribution in [0.15, 0.2) is 54.6 Å². The van der Waals surface area contributed by atoms with Crippen LogP contribution >= 0.6 is 0 Å². The SMILES string of the molecule is CC(C)c1ccccc1.O=C1c2ccccc2C(=O)N1O. The highest BCUT2D eigenvalue weighted by molar-refractivity contribution is 6.20. The number of fused-ring (bicyclic) bond motifs is 1. The molecular weight excluding hydrogens is 266 g/mol. The van der Waals surface area contributed by atoms with Crippen LogP contribution in [0.5, 0.6) is 0 Å². The Morgan fingerprint density at radius 2 is 1.24 bits per heavy atom. The number of carbonyl (C=O) groups excluding carboxylic acids is 2. The van der Waals surface area contributed by atoms with Crippen LogP contribution in [0.3, 0.4) is 0 Å². The van der Waals surface area contributed by atoms with Gasteiger partial charge < -0.3 is 0 Å². The standard InChI is InChI=1S/C9H12.C8H5NO3/c1-8(2)9-6-4-3-5-7-9;10-7-5-3-1-2-4-6(5)8(11)9(7)12/h3-8H,1-2H3;1-4,12H. The van der Waals surface area contributed by atoms with Gasteiger partial charge in [0.05, 0.1) is 11.1 Å². The summed E-state index contributed by atoms with van der Waals surface area (Å²) in [7, 11) is 0. The summed E-state index contributed by atoms with van der Waals surface area (Å²) in [6.07, 6.45) is 0. The highest BCUT2D eigenvalue weighted by Crippen LogP contribution is 2.20. The lowest BCUT2D eigenvalue weighted by atomic mass is 10.0. The van der Waals surface area contributed by atoms with Gasteiger partial charge in [-0.25, -0.2) is 0 Å². The molecule has 0 saturated heterocycles. The third-order valence-corrected chi connectivity index (χ3v) is 3.24. The molecule has 1 N–H and O–H groups in total. The smallest absolute Gasteiger partial charge is 0.278 e. The Morgan fingerprint density at radius 3 is 1.62 bits per heavy atom. The molecule has 4 heteroatoms. The van der Waals surface area contributed by atoms with Gasteiger partial charge in [0, 0.05) is 0 Å². The van der Waals surface area contributed by atoms with Crippen LogP contribution in [0.25, 0.3) is 0 Å². The molecular formula is C17H17NO3. The maximum atomic E-state index is 11.1. The molecule has 0 bridgehead atoms. The lowest BCUT2D eigenvalue weighted by Crippen LogP contribution is -2.25. The predicted molar refractivity (Wildman–Crippen MR) is 79.3 cm³/mol. The number of hydroxylamine groups is 2. The quantitative estimate of drug-likeness (QED) is 0.644. The summed E-state index contributed by atoms with van der Waals surface area (Å²) in [6, 6.07) is 16.8. The van der Waals surface area contributed by atoms with E-state index in [0.29, 0.717) is 5.92 Å². The fourth-order valence-electron chi connectivity index (χ4n) is 2.01. The Labute approximate surface area is 123 Å². The van der Waals surface area contributed by atoms with Crippen molar-refractivity contribution in [2.45, 2.75) is 19.8 Å². The molecule has 0 aliphatic carbocycles. The Bertz CT molecular complexity index is 615. The fraction of sp³-hybridized carbons (Fsp3) is 0.176. The molecule has 21 heavy (non-hydrogen) atoms. The molecule has 1 aliphatic rings. The molecule has 2 aromatic rings. The molecule has 108 valence electrons. The number of imide groups is 1. The summed E-state index contributed by atoms with van der Waals surface area (Å²) in [5.74, 6) is -0.655. The minimum atomic E-state index is -0.657. The maximum absolute atomic E-state index is 11.1. The van der Waals surface area contributed by atoms with Gasteiger partial charge in [-0.1, -0.05) is 56.3 Å². The van der Waals surface area contributed by atoms with Crippen molar-refractivity contribution >= 4 is 11.8 Å². The molecule has 1 aliphatic heterocycles. The van der Waals surface area contributed by atoms with Crippen LogP contribution in [0.1, 0.15) is 46.0 Å². The second-order valence-corrected chi connectivity index (χ2v) is 5.03. The largest absolute Gasteiger partial charge is 0.285 e.